The minimum Gasteiger partial charge on any atom is -0.497 e. The number of methoxy groups -OCH3 is 1. The van der Waals surface area contributed by atoms with Gasteiger partial charge in [-0.3, -0.25) is 4.79 Å². The Labute approximate surface area is 182 Å². The lowest BCUT2D eigenvalue weighted by atomic mass is 10.1. The molecule has 2 unspecified atom stereocenters. The van der Waals surface area contributed by atoms with Crippen LogP contribution in [0, 0.1) is 0 Å². The van der Waals surface area contributed by atoms with Crippen molar-refractivity contribution < 1.29 is 14.3 Å². The van der Waals surface area contributed by atoms with Crippen LogP contribution in [-0.2, 0) is 4.74 Å². The molecule has 7 nitrogen and oxygen atoms in total. The summed E-state index contributed by atoms with van der Waals surface area (Å²) in [4.78, 5) is 23.4. The van der Waals surface area contributed by atoms with Crippen LogP contribution in [0.2, 0.25) is 0 Å². The first-order chi connectivity index (χ1) is 15.0. The van der Waals surface area contributed by atoms with Crippen LogP contribution in [0.15, 0.2) is 60.9 Å². The highest BCUT2D eigenvalue weighted by Crippen LogP contribution is 2.22. The van der Waals surface area contributed by atoms with Crippen molar-refractivity contribution in [2.45, 2.75) is 26.1 Å². The molecule has 1 fully saturated rings. The number of nitrogens with one attached hydrogen (secondary N) is 1. The number of ether oxygens (including phenoxy) is 2. The molecule has 0 bridgehead atoms. The lowest BCUT2D eigenvalue weighted by Crippen LogP contribution is -2.48. The third kappa shape index (κ3) is 5.00. The van der Waals surface area contributed by atoms with Crippen LogP contribution in [0.3, 0.4) is 0 Å². The average Bonchev–Trinajstić information content (AvgIpc) is 2.79. The van der Waals surface area contributed by atoms with E-state index in [2.05, 4.69) is 15.3 Å². The second kappa shape index (κ2) is 9.14. The van der Waals surface area contributed by atoms with Crippen molar-refractivity contribution in [3.8, 4) is 16.9 Å². The van der Waals surface area contributed by atoms with E-state index in [0.29, 0.717) is 24.6 Å². The molecule has 0 radical (unpaired) electrons. The lowest BCUT2D eigenvalue weighted by Gasteiger charge is -2.35. The first-order valence-corrected chi connectivity index (χ1v) is 10.3. The first-order valence-electron chi connectivity index (χ1n) is 10.3. The van der Waals surface area contributed by atoms with Gasteiger partial charge in [0.1, 0.15) is 5.75 Å². The SMILES string of the molecule is COc1ccc(-c2cnc(Nc3ccc(C(=O)N4CC(C)OC(C)C4)cc3)nc2)cc1. The Bertz CT molecular complexity index is 1010. The van der Waals surface area contributed by atoms with Gasteiger partial charge in [0.15, 0.2) is 0 Å². The molecule has 1 N–H and O–H groups in total. The first kappa shape index (κ1) is 20.8. The molecule has 2 heterocycles. The molecule has 0 saturated carbocycles. The number of hydrogen-bond acceptors (Lipinski definition) is 6. The summed E-state index contributed by atoms with van der Waals surface area (Å²) in [6, 6.07) is 15.1. The van der Waals surface area contributed by atoms with Gasteiger partial charge in [0.2, 0.25) is 5.95 Å². The van der Waals surface area contributed by atoms with Crippen LogP contribution in [0.4, 0.5) is 11.6 Å². The Hall–Kier alpha value is -3.45. The topological polar surface area (TPSA) is 76.6 Å². The predicted molar refractivity (Wildman–Crippen MR) is 120 cm³/mol. The van der Waals surface area contributed by atoms with Gasteiger partial charge in [0, 0.05) is 42.3 Å². The number of rotatable bonds is 5. The zero-order valence-corrected chi connectivity index (χ0v) is 17.9. The van der Waals surface area contributed by atoms with Gasteiger partial charge in [-0.15, -0.1) is 0 Å². The molecule has 1 aliphatic rings. The molecule has 2 aromatic carbocycles. The summed E-state index contributed by atoms with van der Waals surface area (Å²) < 4.78 is 10.9. The molecule has 160 valence electrons. The molecule has 4 rings (SSSR count). The Morgan fingerprint density at radius 3 is 2.16 bits per heavy atom. The van der Waals surface area contributed by atoms with Crippen molar-refractivity contribution >= 4 is 17.5 Å². The normalized spacial score (nSPS) is 18.5. The zero-order chi connectivity index (χ0) is 21.8. The van der Waals surface area contributed by atoms with E-state index in [9.17, 15) is 4.79 Å². The highest BCUT2D eigenvalue weighted by Gasteiger charge is 2.26. The maximum Gasteiger partial charge on any atom is 0.254 e. The largest absolute Gasteiger partial charge is 0.497 e. The van der Waals surface area contributed by atoms with Gasteiger partial charge < -0.3 is 19.7 Å². The molecule has 2 atom stereocenters. The fraction of sp³-hybridized carbons (Fsp3) is 0.292. The Morgan fingerprint density at radius 2 is 1.58 bits per heavy atom. The molecule has 1 aromatic heterocycles. The maximum absolute atomic E-state index is 12.8. The van der Waals surface area contributed by atoms with Gasteiger partial charge in [-0.25, -0.2) is 9.97 Å². The van der Waals surface area contributed by atoms with Gasteiger partial charge in [0.05, 0.1) is 19.3 Å². The van der Waals surface area contributed by atoms with E-state index < -0.39 is 0 Å². The number of carbonyl (C=O) groups excluding carboxylic acids is 1. The molecular weight excluding hydrogens is 392 g/mol. The summed E-state index contributed by atoms with van der Waals surface area (Å²) in [6.45, 7) is 5.20. The van der Waals surface area contributed by atoms with Crippen molar-refractivity contribution in [3.05, 3.63) is 66.5 Å². The van der Waals surface area contributed by atoms with Crippen LogP contribution in [0.25, 0.3) is 11.1 Å². The van der Waals surface area contributed by atoms with E-state index in [1.807, 2.05) is 67.3 Å². The second-order valence-corrected chi connectivity index (χ2v) is 7.69. The summed E-state index contributed by atoms with van der Waals surface area (Å²) in [5.74, 6) is 1.32. The van der Waals surface area contributed by atoms with Gasteiger partial charge in [-0.2, -0.15) is 0 Å². The molecule has 1 saturated heterocycles. The van der Waals surface area contributed by atoms with E-state index in [1.54, 1.807) is 19.5 Å². The Morgan fingerprint density at radius 1 is 0.968 bits per heavy atom. The zero-order valence-electron chi connectivity index (χ0n) is 17.9. The van der Waals surface area contributed by atoms with E-state index in [0.717, 1.165) is 22.6 Å². The summed E-state index contributed by atoms with van der Waals surface area (Å²) in [6.07, 6.45) is 3.64. The molecule has 7 heteroatoms. The van der Waals surface area contributed by atoms with Crippen LogP contribution >= 0.6 is 0 Å². The van der Waals surface area contributed by atoms with Gasteiger partial charge in [-0.05, 0) is 55.8 Å². The molecule has 1 aliphatic heterocycles. The number of hydrogen-bond donors (Lipinski definition) is 1. The minimum atomic E-state index is 0.0219. The van der Waals surface area contributed by atoms with E-state index >= 15 is 0 Å². The second-order valence-electron chi connectivity index (χ2n) is 7.69. The van der Waals surface area contributed by atoms with Gasteiger partial charge in [-0.1, -0.05) is 12.1 Å². The Balaban J connectivity index is 1.40. The molecule has 31 heavy (non-hydrogen) atoms. The highest BCUT2D eigenvalue weighted by atomic mass is 16.5. The smallest absolute Gasteiger partial charge is 0.254 e. The van der Waals surface area contributed by atoms with Crippen LogP contribution in [0.5, 0.6) is 5.75 Å². The van der Waals surface area contributed by atoms with E-state index in [4.69, 9.17) is 9.47 Å². The van der Waals surface area contributed by atoms with Crippen LogP contribution < -0.4 is 10.1 Å². The van der Waals surface area contributed by atoms with Crippen molar-refractivity contribution in [1.29, 1.82) is 0 Å². The van der Waals surface area contributed by atoms with E-state index in [-0.39, 0.29) is 18.1 Å². The van der Waals surface area contributed by atoms with E-state index in [1.165, 1.54) is 0 Å². The summed E-state index contributed by atoms with van der Waals surface area (Å²) in [5, 5.41) is 3.17. The minimum absolute atomic E-state index is 0.0219. The number of aromatic nitrogens is 2. The number of benzene rings is 2. The van der Waals surface area contributed by atoms with Crippen molar-refractivity contribution in [1.82, 2.24) is 14.9 Å². The quantitative estimate of drug-likeness (QED) is 0.671. The number of nitrogens with zero attached hydrogens (tertiary/aromatic N) is 3. The number of carbonyl (C=O) groups is 1. The summed E-state index contributed by atoms with van der Waals surface area (Å²) in [7, 11) is 1.64. The molecular formula is C24H26N4O3. The van der Waals surface area contributed by atoms with Crippen molar-refractivity contribution in [2.75, 3.05) is 25.5 Å². The molecule has 0 aliphatic carbocycles. The highest BCUT2D eigenvalue weighted by molar-refractivity contribution is 5.94. The lowest BCUT2D eigenvalue weighted by molar-refractivity contribution is -0.0586. The third-order valence-electron chi connectivity index (χ3n) is 5.17. The maximum atomic E-state index is 12.8. The number of anilines is 2. The van der Waals surface area contributed by atoms with Gasteiger partial charge in [0.25, 0.3) is 5.91 Å². The Kier molecular flexibility index (Phi) is 6.13. The van der Waals surface area contributed by atoms with Crippen LogP contribution in [-0.4, -0.2) is 53.2 Å². The van der Waals surface area contributed by atoms with Gasteiger partial charge >= 0.3 is 0 Å². The average molecular weight is 418 g/mol. The predicted octanol–water partition coefficient (Wildman–Crippen LogP) is 4.15. The van der Waals surface area contributed by atoms with Crippen molar-refractivity contribution in [2.24, 2.45) is 0 Å². The summed E-state index contributed by atoms with van der Waals surface area (Å²) in [5.41, 5.74) is 3.41. The number of amides is 1. The monoisotopic (exact) mass is 418 g/mol. The fourth-order valence-electron chi connectivity index (χ4n) is 3.68. The molecule has 1 amide bonds. The van der Waals surface area contributed by atoms with Crippen molar-refractivity contribution in [3.63, 3.8) is 0 Å². The standard InChI is InChI=1S/C24H26N4O3/c1-16-14-28(15-17(2)31-16)23(29)19-4-8-21(9-5-19)27-24-25-12-20(13-26-24)18-6-10-22(30-3)11-7-18/h4-13,16-17H,14-15H2,1-3H3,(H,25,26,27). The summed E-state index contributed by atoms with van der Waals surface area (Å²) >= 11 is 0. The number of morpholine rings is 1. The third-order valence-corrected chi connectivity index (χ3v) is 5.17. The van der Waals surface area contributed by atoms with Crippen LogP contribution in [0.1, 0.15) is 24.2 Å². The molecule has 3 aromatic rings. The molecule has 0 spiro atoms. The fourth-order valence-corrected chi connectivity index (χ4v) is 3.68.